The van der Waals surface area contributed by atoms with Crippen LogP contribution in [-0.4, -0.2) is 27.9 Å². The van der Waals surface area contributed by atoms with Crippen molar-refractivity contribution in [3.05, 3.63) is 28.1 Å². The van der Waals surface area contributed by atoms with E-state index in [0.717, 1.165) is 0 Å². The number of nitro groups is 1. The number of nitrogens with zero attached hydrogens (tertiary/aromatic N) is 1. The molecule has 0 aromatic carbocycles. The summed E-state index contributed by atoms with van der Waals surface area (Å²) in [5.74, 6) is -0.378. The van der Waals surface area contributed by atoms with Gasteiger partial charge < -0.3 is 16.0 Å². The SMILES string of the molecule is CCC(CC)(CN)NC(=O)c1cc([N+](=O)[O-])c[nH]1. The van der Waals surface area contributed by atoms with Crippen molar-refractivity contribution >= 4 is 11.6 Å². The molecule has 18 heavy (non-hydrogen) atoms. The van der Waals surface area contributed by atoms with Crippen LogP contribution >= 0.6 is 0 Å². The Morgan fingerprint density at radius 3 is 2.56 bits per heavy atom. The van der Waals surface area contributed by atoms with E-state index in [4.69, 9.17) is 5.73 Å². The number of aromatic nitrogens is 1. The van der Waals surface area contributed by atoms with Gasteiger partial charge in [-0.2, -0.15) is 0 Å². The van der Waals surface area contributed by atoms with Gasteiger partial charge in [0.1, 0.15) is 5.69 Å². The summed E-state index contributed by atoms with van der Waals surface area (Å²) in [6, 6.07) is 1.21. The normalized spacial score (nSPS) is 11.3. The first-order chi connectivity index (χ1) is 8.48. The number of carbonyl (C=O) groups excluding carboxylic acids is 1. The minimum absolute atomic E-state index is 0.133. The first-order valence-electron chi connectivity index (χ1n) is 5.83. The molecule has 0 aliphatic carbocycles. The van der Waals surface area contributed by atoms with Crippen molar-refractivity contribution in [2.75, 3.05) is 6.54 Å². The molecule has 0 saturated heterocycles. The first kappa shape index (κ1) is 14.2. The molecule has 0 atom stereocenters. The minimum Gasteiger partial charge on any atom is -0.351 e. The van der Waals surface area contributed by atoms with Gasteiger partial charge in [-0.1, -0.05) is 13.8 Å². The average Bonchev–Trinajstić information content (AvgIpc) is 2.86. The Kier molecular flexibility index (Phi) is 4.43. The number of H-pyrrole nitrogens is 1. The summed E-state index contributed by atoms with van der Waals surface area (Å²) in [7, 11) is 0. The molecule has 0 unspecified atom stereocenters. The van der Waals surface area contributed by atoms with Crippen LogP contribution in [0.25, 0.3) is 0 Å². The predicted octanol–water partition coefficient (Wildman–Crippen LogP) is 1.17. The third kappa shape index (κ3) is 2.86. The second-order valence-electron chi connectivity index (χ2n) is 4.17. The zero-order valence-corrected chi connectivity index (χ0v) is 10.5. The summed E-state index contributed by atoms with van der Waals surface area (Å²) in [6.45, 7) is 4.20. The largest absolute Gasteiger partial charge is 0.351 e. The molecule has 0 saturated carbocycles. The summed E-state index contributed by atoms with van der Waals surface area (Å²) in [6.07, 6.45) is 2.60. The van der Waals surface area contributed by atoms with Crippen LogP contribution in [0.4, 0.5) is 5.69 Å². The van der Waals surface area contributed by atoms with Crippen molar-refractivity contribution in [2.24, 2.45) is 5.73 Å². The molecule has 0 radical (unpaired) electrons. The predicted molar refractivity (Wildman–Crippen MR) is 67.3 cm³/mol. The van der Waals surface area contributed by atoms with Gasteiger partial charge in [-0.3, -0.25) is 14.9 Å². The number of carbonyl (C=O) groups is 1. The van der Waals surface area contributed by atoms with E-state index in [1.807, 2.05) is 13.8 Å². The molecule has 1 aromatic heterocycles. The van der Waals surface area contributed by atoms with Gasteiger partial charge in [-0.15, -0.1) is 0 Å². The highest BCUT2D eigenvalue weighted by molar-refractivity contribution is 5.93. The van der Waals surface area contributed by atoms with Crippen molar-refractivity contribution in [1.82, 2.24) is 10.3 Å². The highest BCUT2D eigenvalue weighted by Crippen LogP contribution is 2.16. The monoisotopic (exact) mass is 254 g/mol. The van der Waals surface area contributed by atoms with E-state index in [0.29, 0.717) is 19.4 Å². The van der Waals surface area contributed by atoms with Gasteiger partial charge in [-0.25, -0.2) is 0 Å². The molecule has 1 rings (SSSR count). The van der Waals surface area contributed by atoms with Crippen molar-refractivity contribution in [3.8, 4) is 0 Å². The van der Waals surface area contributed by atoms with Gasteiger partial charge in [0.25, 0.3) is 11.6 Å². The molecule has 0 spiro atoms. The summed E-state index contributed by atoms with van der Waals surface area (Å²) in [5, 5.41) is 13.4. The van der Waals surface area contributed by atoms with Crippen LogP contribution < -0.4 is 11.1 Å². The standard InChI is InChI=1S/C11H18N4O3/c1-3-11(4-2,7-12)14-10(16)9-5-8(6-13-9)15(17)18/h5-6,13H,3-4,7,12H2,1-2H3,(H,14,16). The van der Waals surface area contributed by atoms with E-state index in [9.17, 15) is 14.9 Å². The van der Waals surface area contributed by atoms with Crippen LogP contribution in [0.5, 0.6) is 0 Å². The Hall–Kier alpha value is -1.89. The van der Waals surface area contributed by atoms with E-state index in [1.54, 1.807) is 0 Å². The van der Waals surface area contributed by atoms with Gasteiger partial charge in [0.2, 0.25) is 0 Å². The third-order valence-corrected chi connectivity index (χ3v) is 3.25. The number of rotatable bonds is 6. The van der Waals surface area contributed by atoms with Crippen molar-refractivity contribution in [2.45, 2.75) is 32.2 Å². The minimum atomic E-state index is -0.552. The summed E-state index contributed by atoms with van der Waals surface area (Å²) in [4.78, 5) is 24.5. The van der Waals surface area contributed by atoms with E-state index in [2.05, 4.69) is 10.3 Å². The van der Waals surface area contributed by atoms with Crippen molar-refractivity contribution in [1.29, 1.82) is 0 Å². The van der Waals surface area contributed by atoms with Crippen molar-refractivity contribution in [3.63, 3.8) is 0 Å². The summed E-state index contributed by atoms with van der Waals surface area (Å²) < 4.78 is 0. The second kappa shape index (κ2) is 5.63. The van der Waals surface area contributed by atoms with Crippen LogP contribution in [0.1, 0.15) is 37.2 Å². The molecular formula is C11H18N4O3. The molecular weight excluding hydrogens is 236 g/mol. The van der Waals surface area contributed by atoms with Crippen LogP contribution in [-0.2, 0) is 0 Å². The van der Waals surface area contributed by atoms with Crippen LogP contribution in [0.3, 0.4) is 0 Å². The second-order valence-corrected chi connectivity index (χ2v) is 4.17. The highest BCUT2D eigenvalue weighted by atomic mass is 16.6. The maximum Gasteiger partial charge on any atom is 0.287 e. The molecule has 7 heteroatoms. The number of aromatic amines is 1. The van der Waals surface area contributed by atoms with E-state index >= 15 is 0 Å². The molecule has 0 aliphatic heterocycles. The van der Waals surface area contributed by atoms with Crippen molar-refractivity contribution < 1.29 is 9.72 Å². The molecule has 0 bridgehead atoms. The van der Waals surface area contributed by atoms with E-state index in [1.165, 1.54) is 12.3 Å². The third-order valence-electron chi connectivity index (χ3n) is 3.25. The molecule has 0 aliphatic rings. The smallest absolute Gasteiger partial charge is 0.287 e. The lowest BCUT2D eigenvalue weighted by Crippen LogP contribution is -2.52. The first-order valence-corrected chi connectivity index (χ1v) is 5.83. The van der Waals surface area contributed by atoms with Gasteiger partial charge >= 0.3 is 0 Å². The molecule has 1 heterocycles. The Labute approximate surface area is 105 Å². The molecule has 1 amide bonds. The summed E-state index contributed by atoms with van der Waals surface area (Å²) >= 11 is 0. The Balaban J connectivity index is 2.84. The maximum absolute atomic E-state index is 12.0. The molecule has 100 valence electrons. The molecule has 4 N–H and O–H groups in total. The van der Waals surface area contributed by atoms with Gasteiger partial charge in [0, 0.05) is 12.6 Å². The quantitative estimate of drug-likeness (QED) is 0.522. The van der Waals surface area contributed by atoms with Crippen LogP contribution in [0.15, 0.2) is 12.3 Å². The fourth-order valence-corrected chi connectivity index (χ4v) is 1.69. The van der Waals surface area contributed by atoms with Gasteiger partial charge in [0.05, 0.1) is 16.7 Å². The Morgan fingerprint density at radius 1 is 1.56 bits per heavy atom. The Morgan fingerprint density at radius 2 is 2.17 bits per heavy atom. The molecule has 0 fully saturated rings. The van der Waals surface area contributed by atoms with E-state index in [-0.39, 0.29) is 17.3 Å². The fourth-order valence-electron chi connectivity index (χ4n) is 1.69. The molecule has 7 nitrogen and oxygen atoms in total. The Bertz CT molecular complexity index is 429. The van der Waals surface area contributed by atoms with Gasteiger partial charge in [0.15, 0.2) is 0 Å². The molecule has 1 aromatic rings. The zero-order chi connectivity index (χ0) is 13.8. The average molecular weight is 254 g/mol. The van der Waals surface area contributed by atoms with Gasteiger partial charge in [-0.05, 0) is 12.8 Å². The topological polar surface area (TPSA) is 114 Å². The van der Waals surface area contributed by atoms with Crippen LogP contribution in [0, 0.1) is 10.1 Å². The number of amides is 1. The number of nitrogens with two attached hydrogens (primary N) is 1. The fraction of sp³-hybridized carbons (Fsp3) is 0.545. The zero-order valence-electron chi connectivity index (χ0n) is 10.5. The summed E-state index contributed by atoms with van der Waals surface area (Å²) in [5.41, 5.74) is 5.25. The number of hydrogen-bond acceptors (Lipinski definition) is 4. The lowest BCUT2D eigenvalue weighted by atomic mass is 9.93. The number of nitrogens with one attached hydrogen (secondary N) is 2. The van der Waals surface area contributed by atoms with Crippen LogP contribution in [0.2, 0.25) is 0 Å². The lowest BCUT2D eigenvalue weighted by molar-refractivity contribution is -0.384. The lowest BCUT2D eigenvalue weighted by Gasteiger charge is -2.31. The highest BCUT2D eigenvalue weighted by Gasteiger charge is 2.27. The maximum atomic E-state index is 12.0. The number of hydrogen-bond donors (Lipinski definition) is 3. The van der Waals surface area contributed by atoms with E-state index < -0.39 is 10.5 Å².